The topological polar surface area (TPSA) is 81.8 Å². The number of amides is 2. The quantitative estimate of drug-likeness (QED) is 0.804. The molecule has 2 rings (SSSR count). The monoisotopic (exact) mass is 368 g/mol. The summed E-state index contributed by atoms with van der Waals surface area (Å²) in [6.07, 6.45) is 0. The van der Waals surface area contributed by atoms with Crippen molar-refractivity contribution in [3.63, 3.8) is 0 Å². The Kier molecular flexibility index (Phi) is 6.66. The number of piperazine rings is 1. The zero-order valence-electron chi connectivity index (χ0n) is 15.2. The molecule has 1 saturated heterocycles. The predicted molar refractivity (Wildman–Crippen MR) is 102 cm³/mol. The lowest BCUT2D eigenvalue weighted by Gasteiger charge is -2.35. The number of rotatable bonds is 6. The second-order valence-electron chi connectivity index (χ2n) is 6.56. The average Bonchev–Trinajstić information content (AvgIpc) is 2.61. The molecule has 0 atom stereocenters. The highest BCUT2D eigenvalue weighted by atomic mass is 32.2. The molecule has 0 radical (unpaired) electrons. The van der Waals surface area contributed by atoms with Gasteiger partial charge < -0.3 is 15.5 Å². The molecule has 2 amide bonds. The maximum absolute atomic E-state index is 11.9. The van der Waals surface area contributed by atoms with Gasteiger partial charge in [0.05, 0.1) is 5.75 Å². The number of nitrogens with zero attached hydrogens (tertiary/aromatic N) is 2. The summed E-state index contributed by atoms with van der Waals surface area (Å²) >= 11 is 0. The van der Waals surface area contributed by atoms with Crippen molar-refractivity contribution >= 4 is 27.4 Å². The van der Waals surface area contributed by atoms with Gasteiger partial charge in [-0.2, -0.15) is 4.31 Å². The molecule has 1 heterocycles. The Bertz CT molecular complexity index is 666. The molecule has 0 aliphatic carbocycles. The van der Waals surface area contributed by atoms with Crippen LogP contribution in [0.5, 0.6) is 0 Å². The summed E-state index contributed by atoms with van der Waals surface area (Å²) in [5, 5.41) is 5.62. The van der Waals surface area contributed by atoms with Crippen molar-refractivity contribution in [2.45, 2.75) is 20.8 Å². The van der Waals surface area contributed by atoms with E-state index in [1.54, 1.807) is 11.2 Å². The molecule has 0 unspecified atom stereocenters. The van der Waals surface area contributed by atoms with Gasteiger partial charge in [-0.05, 0) is 37.1 Å². The zero-order chi connectivity index (χ0) is 18.4. The molecule has 25 heavy (non-hydrogen) atoms. The van der Waals surface area contributed by atoms with Crippen LogP contribution in [0.1, 0.15) is 20.8 Å². The highest BCUT2D eigenvalue weighted by molar-refractivity contribution is 7.89. The first kappa shape index (κ1) is 19.5. The summed E-state index contributed by atoms with van der Waals surface area (Å²) in [5.41, 5.74) is 1.76. The molecule has 0 aromatic heterocycles. The van der Waals surface area contributed by atoms with Crippen molar-refractivity contribution < 1.29 is 13.2 Å². The number of carbonyl (C=O) groups is 1. The first-order chi connectivity index (χ1) is 11.8. The molecule has 1 aliphatic rings. The lowest BCUT2D eigenvalue weighted by Crippen LogP contribution is -2.49. The number of benzene rings is 1. The van der Waals surface area contributed by atoms with Crippen LogP contribution in [-0.2, 0) is 10.0 Å². The Balaban J connectivity index is 1.88. The number of hydrogen-bond donors (Lipinski definition) is 2. The molecule has 1 aliphatic heterocycles. The molecule has 1 aromatic carbocycles. The van der Waals surface area contributed by atoms with Gasteiger partial charge in [-0.25, -0.2) is 13.2 Å². The van der Waals surface area contributed by atoms with Crippen LogP contribution in [-0.4, -0.2) is 57.2 Å². The highest BCUT2D eigenvalue weighted by Gasteiger charge is 2.25. The van der Waals surface area contributed by atoms with Crippen LogP contribution in [0, 0.1) is 5.92 Å². The summed E-state index contributed by atoms with van der Waals surface area (Å²) in [5.74, 6) is 0.551. The van der Waals surface area contributed by atoms with Gasteiger partial charge in [-0.3, -0.25) is 0 Å². The lowest BCUT2D eigenvalue weighted by molar-refractivity contribution is 0.251. The molecular formula is C17H28N4O3S. The van der Waals surface area contributed by atoms with Crippen LogP contribution in [0.15, 0.2) is 24.3 Å². The minimum Gasteiger partial charge on any atom is -0.369 e. The SMILES string of the molecule is CCS(=O)(=O)N1CCN(c2ccc(NC(=O)NCC(C)C)cc2)CC1. The fourth-order valence-corrected chi connectivity index (χ4v) is 3.72. The van der Waals surface area contributed by atoms with E-state index in [0.717, 1.165) is 11.4 Å². The van der Waals surface area contributed by atoms with Crippen molar-refractivity contribution in [3.8, 4) is 0 Å². The van der Waals surface area contributed by atoms with E-state index in [-0.39, 0.29) is 11.8 Å². The third-order valence-electron chi connectivity index (χ3n) is 4.16. The first-order valence-corrected chi connectivity index (χ1v) is 10.3. The second-order valence-corrected chi connectivity index (χ2v) is 8.82. The third kappa shape index (κ3) is 5.61. The van der Waals surface area contributed by atoms with E-state index in [4.69, 9.17) is 0 Å². The fourth-order valence-electron chi connectivity index (χ4n) is 2.63. The van der Waals surface area contributed by atoms with Gasteiger partial charge in [0.2, 0.25) is 10.0 Å². The van der Waals surface area contributed by atoms with Crippen LogP contribution in [0.3, 0.4) is 0 Å². The van der Waals surface area contributed by atoms with E-state index >= 15 is 0 Å². The molecule has 140 valence electrons. The van der Waals surface area contributed by atoms with Crippen LogP contribution >= 0.6 is 0 Å². The number of nitrogens with one attached hydrogen (secondary N) is 2. The standard InChI is InChI=1S/C17H28N4O3S/c1-4-25(23,24)21-11-9-20(10-12-21)16-7-5-15(6-8-16)19-17(22)18-13-14(2)3/h5-8,14H,4,9-13H2,1-3H3,(H2,18,19,22). The summed E-state index contributed by atoms with van der Waals surface area (Å²) in [7, 11) is -3.11. The summed E-state index contributed by atoms with van der Waals surface area (Å²) in [6.45, 7) is 8.74. The van der Waals surface area contributed by atoms with Crippen LogP contribution in [0.2, 0.25) is 0 Å². The van der Waals surface area contributed by atoms with Crippen molar-refractivity contribution in [1.29, 1.82) is 0 Å². The fraction of sp³-hybridized carbons (Fsp3) is 0.588. The molecule has 2 N–H and O–H groups in total. The molecule has 8 heteroatoms. The minimum absolute atomic E-state index is 0.145. The van der Waals surface area contributed by atoms with Crippen LogP contribution in [0.25, 0.3) is 0 Å². The summed E-state index contributed by atoms with van der Waals surface area (Å²) in [6, 6.07) is 7.41. The number of hydrogen-bond acceptors (Lipinski definition) is 4. The van der Waals surface area contributed by atoms with E-state index < -0.39 is 10.0 Å². The molecule has 0 bridgehead atoms. The molecule has 0 spiro atoms. The van der Waals surface area contributed by atoms with Gasteiger partial charge >= 0.3 is 6.03 Å². The summed E-state index contributed by atoms with van der Waals surface area (Å²) < 4.78 is 25.4. The largest absolute Gasteiger partial charge is 0.369 e. The van der Waals surface area contributed by atoms with Gasteiger partial charge in [0.25, 0.3) is 0 Å². The number of carbonyl (C=O) groups excluding carboxylic acids is 1. The Morgan fingerprint density at radius 1 is 1.12 bits per heavy atom. The van der Waals surface area contributed by atoms with Crippen molar-refractivity contribution in [2.75, 3.05) is 48.7 Å². The zero-order valence-corrected chi connectivity index (χ0v) is 16.0. The smallest absolute Gasteiger partial charge is 0.319 e. The maximum atomic E-state index is 11.9. The highest BCUT2D eigenvalue weighted by Crippen LogP contribution is 2.20. The van der Waals surface area contributed by atoms with E-state index in [2.05, 4.69) is 15.5 Å². The normalized spacial score (nSPS) is 16.1. The Labute approximate surface area is 150 Å². The van der Waals surface area contributed by atoms with E-state index in [1.165, 1.54) is 0 Å². The number of sulfonamides is 1. The Morgan fingerprint density at radius 3 is 2.24 bits per heavy atom. The minimum atomic E-state index is -3.11. The van der Waals surface area contributed by atoms with Gasteiger partial charge in [-0.15, -0.1) is 0 Å². The van der Waals surface area contributed by atoms with Crippen molar-refractivity contribution in [1.82, 2.24) is 9.62 Å². The Morgan fingerprint density at radius 2 is 1.72 bits per heavy atom. The molecule has 1 aromatic rings. The maximum Gasteiger partial charge on any atom is 0.319 e. The van der Waals surface area contributed by atoms with E-state index in [0.29, 0.717) is 38.6 Å². The average molecular weight is 369 g/mol. The molecule has 0 saturated carbocycles. The van der Waals surface area contributed by atoms with E-state index in [1.807, 2.05) is 38.1 Å². The number of urea groups is 1. The van der Waals surface area contributed by atoms with Crippen molar-refractivity contribution in [2.24, 2.45) is 5.92 Å². The number of anilines is 2. The van der Waals surface area contributed by atoms with Crippen molar-refractivity contribution in [3.05, 3.63) is 24.3 Å². The first-order valence-electron chi connectivity index (χ1n) is 8.69. The molecule has 1 fully saturated rings. The van der Waals surface area contributed by atoms with Gasteiger partial charge in [-0.1, -0.05) is 13.8 Å². The van der Waals surface area contributed by atoms with Gasteiger partial charge in [0.15, 0.2) is 0 Å². The van der Waals surface area contributed by atoms with Gasteiger partial charge in [0.1, 0.15) is 0 Å². The third-order valence-corrected chi connectivity index (χ3v) is 6.04. The van der Waals surface area contributed by atoms with Crippen LogP contribution < -0.4 is 15.5 Å². The molecule has 7 nitrogen and oxygen atoms in total. The second kappa shape index (κ2) is 8.53. The molecular weight excluding hydrogens is 340 g/mol. The predicted octanol–water partition coefficient (Wildman–Crippen LogP) is 1.94. The van der Waals surface area contributed by atoms with Gasteiger partial charge in [0, 0.05) is 44.1 Å². The van der Waals surface area contributed by atoms with Crippen LogP contribution in [0.4, 0.5) is 16.2 Å². The Hall–Kier alpha value is -1.80. The lowest BCUT2D eigenvalue weighted by atomic mass is 10.2. The van der Waals surface area contributed by atoms with E-state index in [9.17, 15) is 13.2 Å². The summed E-state index contributed by atoms with van der Waals surface area (Å²) in [4.78, 5) is 13.9.